The second-order valence-electron chi connectivity index (χ2n) is 4.69. The number of halogens is 3. The number of nitrogens with zero attached hydrogens (tertiary/aromatic N) is 2. The van der Waals surface area contributed by atoms with E-state index < -0.39 is 12.7 Å². The Kier molecular flexibility index (Phi) is 4.21. The zero-order valence-corrected chi connectivity index (χ0v) is 10.1. The first-order chi connectivity index (χ1) is 8.54. The summed E-state index contributed by atoms with van der Waals surface area (Å²) in [5.41, 5.74) is 0. The van der Waals surface area contributed by atoms with Crippen LogP contribution in [0.25, 0.3) is 0 Å². The van der Waals surface area contributed by atoms with E-state index in [0.717, 1.165) is 18.7 Å². The Morgan fingerprint density at radius 3 is 2.61 bits per heavy atom. The summed E-state index contributed by atoms with van der Waals surface area (Å²) in [7, 11) is 0. The molecule has 0 unspecified atom stereocenters. The van der Waals surface area contributed by atoms with Gasteiger partial charge in [-0.1, -0.05) is 19.3 Å². The number of H-pyrrole nitrogens is 1. The van der Waals surface area contributed by atoms with Crippen LogP contribution in [0.2, 0.25) is 0 Å². The van der Waals surface area contributed by atoms with Gasteiger partial charge in [0, 0.05) is 5.92 Å². The van der Waals surface area contributed by atoms with Crippen LogP contribution in [-0.4, -0.2) is 27.9 Å². The molecule has 0 bridgehead atoms. The number of hydrogen-bond acceptors (Lipinski definition) is 3. The minimum absolute atomic E-state index is 0.0687. The van der Waals surface area contributed by atoms with Crippen LogP contribution in [0.5, 0.6) is 0 Å². The van der Waals surface area contributed by atoms with E-state index in [2.05, 4.69) is 20.5 Å². The van der Waals surface area contributed by atoms with Gasteiger partial charge >= 0.3 is 6.18 Å². The Labute approximate surface area is 103 Å². The highest BCUT2D eigenvalue weighted by atomic mass is 19.4. The number of hydrogen-bond donors (Lipinski definition) is 2. The van der Waals surface area contributed by atoms with Crippen LogP contribution in [0.3, 0.4) is 0 Å². The molecule has 1 heterocycles. The molecule has 0 radical (unpaired) electrons. The lowest BCUT2D eigenvalue weighted by atomic mass is 9.89. The van der Waals surface area contributed by atoms with Crippen molar-refractivity contribution in [2.24, 2.45) is 0 Å². The predicted molar refractivity (Wildman–Crippen MR) is 60.0 cm³/mol. The summed E-state index contributed by atoms with van der Waals surface area (Å²) < 4.78 is 35.8. The third-order valence-electron chi connectivity index (χ3n) is 3.14. The van der Waals surface area contributed by atoms with E-state index in [9.17, 15) is 13.2 Å². The smallest absolute Gasteiger partial charge is 0.302 e. The highest BCUT2D eigenvalue weighted by Gasteiger charge is 2.26. The Balaban J connectivity index is 1.82. The van der Waals surface area contributed by atoms with Crippen molar-refractivity contribution in [2.75, 3.05) is 6.54 Å². The van der Waals surface area contributed by atoms with Gasteiger partial charge in [0.15, 0.2) is 5.82 Å². The summed E-state index contributed by atoms with van der Waals surface area (Å²) in [6.45, 7) is -0.939. The van der Waals surface area contributed by atoms with Crippen LogP contribution in [0.4, 0.5) is 13.2 Å². The number of aromatic nitrogens is 3. The lowest BCUT2D eigenvalue weighted by Gasteiger charge is -2.18. The number of nitrogens with one attached hydrogen (secondary N) is 2. The van der Waals surface area contributed by atoms with E-state index in [0.29, 0.717) is 11.7 Å². The third kappa shape index (κ3) is 3.97. The molecule has 0 spiro atoms. The minimum atomic E-state index is -4.19. The zero-order chi connectivity index (χ0) is 13.0. The van der Waals surface area contributed by atoms with Gasteiger partial charge in [0.2, 0.25) is 0 Å². The van der Waals surface area contributed by atoms with E-state index in [4.69, 9.17) is 0 Å². The topological polar surface area (TPSA) is 53.6 Å². The Morgan fingerprint density at radius 2 is 1.94 bits per heavy atom. The molecule has 102 valence electrons. The summed E-state index contributed by atoms with van der Waals surface area (Å²) in [5, 5.41) is 9.10. The molecule has 0 aromatic carbocycles. The van der Waals surface area contributed by atoms with Crippen molar-refractivity contribution in [3.05, 3.63) is 11.6 Å². The Hall–Kier alpha value is -1.11. The van der Waals surface area contributed by atoms with Gasteiger partial charge in [0.1, 0.15) is 5.82 Å². The fourth-order valence-corrected chi connectivity index (χ4v) is 2.26. The highest BCUT2D eigenvalue weighted by Crippen LogP contribution is 2.30. The van der Waals surface area contributed by atoms with Gasteiger partial charge in [-0.15, -0.1) is 0 Å². The molecule has 0 aliphatic heterocycles. The van der Waals surface area contributed by atoms with Gasteiger partial charge in [-0.25, -0.2) is 4.98 Å². The van der Waals surface area contributed by atoms with Gasteiger partial charge in [0.25, 0.3) is 0 Å². The summed E-state index contributed by atoms with van der Waals surface area (Å²) >= 11 is 0. The molecule has 7 heteroatoms. The molecule has 2 N–H and O–H groups in total. The van der Waals surface area contributed by atoms with Gasteiger partial charge < -0.3 is 5.32 Å². The summed E-state index contributed by atoms with van der Waals surface area (Å²) in [6, 6.07) is 0. The maximum atomic E-state index is 11.9. The van der Waals surface area contributed by atoms with E-state index >= 15 is 0 Å². The fraction of sp³-hybridized carbons (Fsp3) is 0.818. The van der Waals surface area contributed by atoms with Crippen molar-refractivity contribution in [3.63, 3.8) is 0 Å². The summed E-state index contributed by atoms with van der Waals surface area (Å²) in [6.07, 6.45) is 1.58. The molecular weight excluding hydrogens is 245 g/mol. The minimum Gasteiger partial charge on any atom is -0.302 e. The van der Waals surface area contributed by atoms with E-state index in [-0.39, 0.29) is 6.54 Å². The first-order valence-electron chi connectivity index (χ1n) is 6.23. The SMILES string of the molecule is FC(F)(F)CNCc1nc(C2CCCCC2)n[nH]1. The maximum Gasteiger partial charge on any atom is 0.401 e. The van der Waals surface area contributed by atoms with Gasteiger partial charge in [-0.2, -0.15) is 18.3 Å². The summed E-state index contributed by atoms with van der Waals surface area (Å²) in [5.74, 6) is 1.59. The Morgan fingerprint density at radius 1 is 1.22 bits per heavy atom. The molecule has 1 fully saturated rings. The van der Waals surface area contributed by atoms with Crippen molar-refractivity contribution in [1.29, 1.82) is 0 Å². The molecule has 1 saturated carbocycles. The van der Waals surface area contributed by atoms with Crippen LogP contribution in [0.15, 0.2) is 0 Å². The molecule has 1 aromatic heterocycles. The second-order valence-corrected chi connectivity index (χ2v) is 4.69. The molecule has 0 amide bonds. The van der Waals surface area contributed by atoms with Crippen LogP contribution in [0.1, 0.15) is 49.7 Å². The second kappa shape index (κ2) is 5.69. The monoisotopic (exact) mass is 262 g/mol. The predicted octanol–water partition coefficient (Wildman–Crippen LogP) is 2.50. The Bertz CT molecular complexity index is 369. The van der Waals surface area contributed by atoms with Crippen molar-refractivity contribution in [1.82, 2.24) is 20.5 Å². The molecule has 0 saturated heterocycles. The first-order valence-corrected chi connectivity index (χ1v) is 6.23. The van der Waals surface area contributed by atoms with Crippen LogP contribution >= 0.6 is 0 Å². The summed E-state index contributed by atoms with van der Waals surface area (Å²) in [4.78, 5) is 4.26. The van der Waals surface area contributed by atoms with E-state index in [1.165, 1.54) is 19.3 Å². The lowest BCUT2D eigenvalue weighted by molar-refractivity contribution is -0.125. The first kappa shape index (κ1) is 13.3. The fourth-order valence-electron chi connectivity index (χ4n) is 2.26. The van der Waals surface area contributed by atoms with Crippen molar-refractivity contribution in [3.8, 4) is 0 Å². The van der Waals surface area contributed by atoms with Crippen LogP contribution in [0, 0.1) is 0 Å². The molecule has 4 nitrogen and oxygen atoms in total. The van der Waals surface area contributed by atoms with Gasteiger partial charge in [0.05, 0.1) is 13.1 Å². The quantitative estimate of drug-likeness (QED) is 0.876. The molecule has 1 aromatic rings. The maximum absolute atomic E-state index is 11.9. The number of aromatic amines is 1. The zero-order valence-electron chi connectivity index (χ0n) is 10.1. The normalized spacial score (nSPS) is 18.2. The molecule has 18 heavy (non-hydrogen) atoms. The van der Waals surface area contributed by atoms with Gasteiger partial charge in [-0.05, 0) is 12.8 Å². The van der Waals surface area contributed by atoms with Crippen LogP contribution in [-0.2, 0) is 6.54 Å². The lowest BCUT2D eigenvalue weighted by Crippen LogP contribution is -2.28. The molecular formula is C11H17F3N4. The number of rotatable bonds is 4. The number of alkyl halides is 3. The average molecular weight is 262 g/mol. The van der Waals surface area contributed by atoms with Crippen molar-refractivity contribution >= 4 is 0 Å². The standard InChI is InChI=1S/C11H17F3N4/c12-11(13,14)7-15-6-9-16-10(18-17-9)8-4-2-1-3-5-8/h8,15H,1-7H2,(H,16,17,18). The molecule has 2 rings (SSSR count). The highest BCUT2D eigenvalue weighted by molar-refractivity contribution is 4.99. The molecule has 1 aliphatic carbocycles. The van der Waals surface area contributed by atoms with E-state index in [1.807, 2.05) is 0 Å². The van der Waals surface area contributed by atoms with E-state index in [1.54, 1.807) is 0 Å². The van der Waals surface area contributed by atoms with Crippen molar-refractivity contribution < 1.29 is 13.2 Å². The molecule has 1 aliphatic rings. The van der Waals surface area contributed by atoms with Gasteiger partial charge in [-0.3, -0.25) is 5.10 Å². The van der Waals surface area contributed by atoms with Crippen LogP contribution < -0.4 is 5.32 Å². The van der Waals surface area contributed by atoms with Crippen molar-refractivity contribution in [2.45, 2.75) is 50.7 Å². The third-order valence-corrected chi connectivity index (χ3v) is 3.14. The largest absolute Gasteiger partial charge is 0.401 e. The molecule has 0 atom stereocenters. The average Bonchev–Trinajstić information content (AvgIpc) is 2.77.